The molecule has 0 unspecified atom stereocenters. The second-order valence-electron chi connectivity index (χ2n) is 15.2. The minimum atomic E-state index is -0.319. The summed E-state index contributed by atoms with van der Waals surface area (Å²) in [4.78, 5) is 45.3. The molecule has 0 radical (unpaired) electrons. The number of benzene rings is 4. The zero-order valence-electron chi connectivity index (χ0n) is 41.8. The predicted octanol–water partition coefficient (Wildman–Crippen LogP) is 11.5. The molecule has 70 heavy (non-hydrogen) atoms. The molecule has 0 bridgehead atoms. The van der Waals surface area contributed by atoms with E-state index in [0.29, 0.717) is 39.6 Å². The number of hydrogen-bond donors (Lipinski definition) is 0. The third kappa shape index (κ3) is 39.5. The summed E-state index contributed by atoms with van der Waals surface area (Å²) in [6.07, 6.45) is 22.4. The molecule has 0 atom stereocenters. The lowest BCUT2D eigenvalue weighted by Crippen LogP contribution is -2.04. The van der Waals surface area contributed by atoms with Gasteiger partial charge in [0.2, 0.25) is 0 Å². The van der Waals surface area contributed by atoms with E-state index >= 15 is 0 Å². The van der Waals surface area contributed by atoms with Crippen molar-refractivity contribution in [3.8, 4) is 0 Å². The molecule has 380 valence electrons. The van der Waals surface area contributed by atoms with Gasteiger partial charge in [0, 0.05) is 85.6 Å². The molecule has 0 aliphatic carbocycles. The number of carbonyl (C=O) groups excluding carboxylic acids is 4. The van der Waals surface area contributed by atoms with E-state index in [0.717, 1.165) is 99.7 Å². The summed E-state index contributed by atoms with van der Waals surface area (Å²) in [6, 6.07) is 38.7. The number of esters is 4. The van der Waals surface area contributed by atoms with Gasteiger partial charge in [-0.2, -0.15) is 0 Å². The highest BCUT2D eigenvalue weighted by molar-refractivity contribution is 5.88. The van der Waals surface area contributed by atoms with Crippen LogP contribution in [-0.4, -0.2) is 105 Å². The number of ether oxygens (including phenoxy) is 8. The van der Waals surface area contributed by atoms with Gasteiger partial charge in [0.15, 0.2) is 0 Å². The Morgan fingerprint density at radius 2 is 0.486 bits per heavy atom. The van der Waals surface area contributed by atoms with Gasteiger partial charge in [-0.1, -0.05) is 128 Å². The molecule has 0 amide bonds. The van der Waals surface area contributed by atoms with E-state index in [1.807, 2.05) is 121 Å². The lowest BCUT2D eigenvalue weighted by molar-refractivity contribution is -0.138. The van der Waals surface area contributed by atoms with Gasteiger partial charge in [0.1, 0.15) is 0 Å². The summed E-state index contributed by atoms with van der Waals surface area (Å²) in [7, 11) is 6.68. The number of methoxy groups -OCH3 is 4. The first-order chi connectivity index (χ1) is 34.3. The van der Waals surface area contributed by atoms with E-state index in [4.69, 9.17) is 37.9 Å². The second-order valence-corrected chi connectivity index (χ2v) is 15.2. The van der Waals surface area contributed by atoms with Crippen LogP contribution in [0.1, 0.15) is 86.5 Å². The van der Waals surface area contributed by atoms with Gasteiger partial charge in [-0.3, -0.25) is 0 Å². The van der Waals surface area contributed by atoms with Crippen molar-refractivity contribution in [1.82, 2.24) is 0 Å². The van der Waals surface area contributed by atoms with Crippen molar-refractivity contribution in [1.29, 1.82) is 0 Å². The maximum absolute atomic E-state index is 11.4. The maximum atomic E-state index is 11.4. The summed E-state index contributed by atoms with van der Waals surface area (Å²) in [5.41, 5.74) is 3.97. The number of carbonyl (C=O) groups is 4. The van der Waals surface area contributed by atoms with Crippen LogP contribution in [0.3, 0.4) is 0 Å². The summed E-state index contributed by atoms with van der Waals surface area (Å²) >= 11 is 0. The highest BCUT2D eigenvalue weighted by Gasteiger charge is 2.00. The number of hydrogen-bond acceptors (Lipinski definition) is 12. The molecule has 4 aromatic carbocycles. The van der Waals surface area contributed by atoms with E-state index in [2.05, 4.69) is 0 Å². The molecule has 0 saturated heterocycles. The molecule has 0 spiro atoms. The molecule has 0 saturated carbocycles. The molecule has 12 heteroatoms. The van der Waals surface area contributed by atoms with Crippen molar-refractivity contribution in [2.75, 3.05) is 81.3 Å². The van der Waals surface area contributed by atoms with Gasteiger partial charge in [-0.25, -0.2) is 19.2 Å². The van der Waals surface area contributed by atoms with Crippen LogP contribution in [0.25, 0.3) is 24.3 Å². The third-order valence-electron chi connectivity index (χ3n) is 9.29. The zero-order chi connectivity index (χ0) is 50.8. The zero-order valence-corrected chi connectivity index (χ0v) is 41.8. The molecule has 0 heterocycles. The van der Waals surface area contributed by atoms with Gasteiger partial charge in [0.05, 0.1) is 26.4 Å². The summed E-state index contributed by atoms with van der Waals surface area (Å²) in [5, 5.41) is 0. The molecule has 4 rings (SSSR count). The molecule has 0 fully saturated rings. The Bertz CT molecular complexity index is 1980. The van der Waals surface area contributed by atoms with Crippen LogP contribution >= 0.6 is 0 Å². The standard InChI is InChI=1S/C16H22O3.C15H20O3.C14H18O3.C13H16O3/c1-18-13-7-2-3-8-14-19-16(17)12-11-15-9-5-4-6-10-15;1-17-12-6-3-7-13-18-15(16)11-10-14-8-4-2-5-9-14;1-16-11-5-6-12-17-14(15)10-9-13-7-3-2-4-8-13;1-15-10-5-11-16-13(14)9-8-12-6-3-2-4-7-12/h4-6,9-12H,2-3,7-8,13-14H2,1H3;2,4-5,8-11H,3,6-7,12-13H2,1H3;2-4,7-10H,5-6,11-12H2,1H3;2-4,6-9H,5,10-11H2,1H3/b12-11+;11-10+;10-9+;9-8+. The molecule has 0 N–H and O–H groups in total. The van der Waals surface area contributed by atoms with Crippen molar-refractivity contribution in [2.45, 2.75) is 64.2 Å². The Morgan fingerprint density at radius 3 is 0.757 bits per heavy atom. The molecule has 12 nitrogen and oxygen atoms in total. The molecular weight excluding hydrogens is 889 g/mol. The van der Waals surface area contributed by atoms with Crippen molar-refractivity contribution < 1.29 is 57.1 Å². The first-order valence-electron chi connectivity index (χ1n) is 23.9. The van der Waals surface area contributed by atoms with Crippen LogP contribution in [0.5, 0.6) is 0 Å². The fourth-order valence-electron chi connectivity index (χ4n) is 5.58. The van der Waals surface area contributed by atoms with Gasteiger partial charge in [0.25, 0.3) is 0 Å². The Labute approximate surface area is 417 Å². The monoisotopic (exact) mass is 965 g/mol. The largest absolute Gasteiger partial charge is 0.463 e. The van der Waals surface area contributed by atoms with E-state index in [1.54, 1.807) is 52.7 Å². The number of rotatable bonds is 30. The van der Waals surface area contributed by atoms with Gasteiger partial charge in [-0.15, -0.1) is 0 Å². The predicted molar refractivity (Wildman–Crippen MR) is 279 cm³/mol. The normalized spacial score (nSPS) is 10.7. The maximum Gasteiger partial charge on any atom is 0.330 e. The van der Waals surface area contributed by atoms with Crippen LogP contribution in [0.15, 0.2) is 146 Å². The Morgan fingerprint density at radius 1 is 0.286 bits per heavy atom. The van der Waals surface area contributed by atoms with Crippen LogP contribution in [0.4, 0.5) is 0 Å². The Hall–Kier alpha value is -6.44. The fraction of sp³-hybridized carbons (Fsp3) is 0.379. The lowest BCUT2D eigenvalue weighted by Gasteiger charge is -2.02. The number of unbranched alkanes of at least 4 members (excludes halogenated alkanes) is 6. The van der Waals surface area contributed by atoms with E-state index in [-0.39, 0.29) is 23.9 Å². The summed E-state index contributed by atoms with van der Waals surface area (Å²) in [5.74, 6) is -1.18. The minimum Gasteiger partial charge on any atom is -0.463 e. The van der Waals surface area contributed by atoms with Crippen molar-refractivity contribution >= 4 is 48.2 Å². The SMILES string of the molecule is COCCCCCCOC(=O)/C=C/c1ccccc1.COCCCCCOC(=O)/C=C/c1ccccc1.COCCCCOC(=O)/C=C/c1ccccc1.COCCCOC(=O)/C=C/c1ccccc1. The van der Waals surface area contributed by atoms with Crippen LogP contribution in [0, 0.1) is 0 Å². The van der Waals surface area contributed by atoms with Crippen molar-refractivity contribution in [3.05, 3.63) is 168 Å². The van der Waals surface area contributed by atoms with Crippen molar-refractivity contribution in [3.63, 3.8) is 0 Å². The van der Waals surface area contributed by atoms with Crippen LogP contribution in [0.2, 0.25) is 0 Å². The first kappa shape index (κ1) is 61.6. The van der Waals surface area contributed by atoms with Gasteiger partial charge < -0.3 is 37.9 Å². The van der Waals surface area contributed by atoms with E-state index < -0.39 is 0 Å². The van der Waals surface area contributed by atoms with Crippen molar-refractivity contribution in [2.24, 2.45) is 0 Å². The quantitative estimate of drug-likeness (QED) is 0.0212. The summed E-state index contributed by atoms with van der Waals surface area (Å²) in [6.45, 7) is 4.69. The van der Waals surface area contributed by atoms with Gasteiger partial charge >= 0.3 is 23.9 Å². The Balaban J connectivity index is 0.000000468. The first-order valence-corrected chi connectivity index (χ1v) is 23.9. The topological polar surface area (TPSA) is 142 Å². The highest BCUT2D eigenvalue weighted by Crippen LogP contribution is 2.06. The average Bonchev–Trinajstić information content (AvgIpc) is 3.40. The molecule has 0 aliphatic rings. The smallest absolute Gasteiger partial charge is 0.330 e. The molecule has 0 aromatic heterocycles. The second kappa shape index (κ2) is 46.3. The Kier molecular flexibility index (Phi) is 40.7. The third-order valence-corrected chi connectivity index (χ3v) is 9.29. The molecule has 0 aliphatic heterocycles. The fourth-order valence-corrected chi connectivity index (χ4v) is 5.58. The molecule has 4 aromatic rings. The average molecular weight is 965 g/mol. The van der Waals surface area contributed by atoms with E-state index in [1.165, 1.54) is 24.3 Å². The minimum absolute atomic E-state index is 0.277. The van der Waals surface area contributed by atoms with E-state index in [9.17, 15) is 19.2 Å². The highest BCUT2D eigenvalue weighted by atomic mass is 16.5. The van der Waals surface area contributed by atoms with Crippen LogP contribution < -0.4 is 0 Å². The van der Waals surface area contributed by atoms with Gasteiger partial charge in [-0.05, 0) is 97.9 Å². The summed E-state index contributed by atoms with van der Waals surface area (Å²) < 4.78 is 39.8. The van der Waals surface area contributed by atoms with Crippen LogP contribution in [-0.2, 0) is 57.1 Å². The lowest BCUT2D eigenvalue weighted by atomic mass is 10.2. The molecular formula is C58H76O12.